The van der Waals surface area contributed by atoms with E-state index in [2.05, 4.69) is 15.0 Å². The topological polar surface area (TPSA) is 80.6 Å². The Bertz CT molecular complexity index is 341. The Morgan fingerprint density at radius 3 is 2.67 bits per heavy atom. The van der Waals surface area contributed by atoms with Crippen molar-refractivity contribution in [1.82, 2.24) is 15.0 Å². The summed E-state index contributed by atoms with van der Waals surface area (Å²) in [7, 11) is 1.44. The van der Waals surface area contributed by atoms with Gasteiger partial charge in [0.1, 0.15) is 0 Å². The van der Waals surface area contributed by atoms with Gasteiger partial charge in [-0.2, -0.15) is 9.97 Å². The van der Waals surface area contributed by atoms with Crippen LogP contribution in [0.1, 0.15) is 0 Å². The molecule has 2 rings (SSSR count). The molecular formula is C8H12N4O3. The van der Waals surface area contributed by atoms with Gasteiger partial charge >= 0.3 is 12.0 Å². The minimum Gasteiger partial charge on any atom is -0.479 e. The van der Waals surface area contributed by atoms with Gasteiger partial charge in [0.2, 0.25) is 5.95 Å². The van der Waals surface area contributed by atoms with Gasteiger partial charge in [-0.25, -0.2) is 0 Å². The van der Waals surface area contributed by atoms with Gasteiger partial charge in [-0.05, 0) is 0 Å². The molecule has 2 heterocycles. The number of nitrogens with zero attached hydrogens (tertiary/aromatic N) is 4. The summed E-state index contributed by atoms with van der Waals surface area (Å²) in [6, 6.07) is -0.215. The third-order valence-electron chi connectivity index (χ3n) is 2.07. The maximum absolute atomic E-state index is 9.26. The van der Waals surface area contributed by atoms with E-state index in [0.717, 1.165) is 0 Å². The quantitative estimate of drug-likeness (QED) is 0.702. The largest absolute Gasteiger partial charge is 0.479 e. The zero-order valence-corrected chi connectivity index (χ0v) is 8.38. The summed E-state index contributed by atoms with van der Waals surface area (Å²) in [5.41, 5.74) is 0. The third kappa shape index (κ3) is 2.24. The average Bonchev–Trinajstić information content (AvgIpc) is 2.29. The maximum atomic E-state index is 9.26. The van der Waals surface area contributed by atoms with Crippen LogP contribution in [0.3, 0.4) is 0 Å². The van der Waals surface area contributed by atoms with Crippen molar-refractivity contribution in [3.63, 3.8) is 0 Å². The van der Waals surface area contributed by atoms with Gasteiger partial charge in [0.15, 0.2) is 0 Å². The summed E-state index contributed by atoms with van der Waals surface area (Å²) in [6.07, 6.45) is 0. The summed E-state index contributed by atoms with van der Waals surface area (Å²) in [6.45, 7) is 2.67. The zero-order valence-electron chi connectivity index (χ0n) is 8.38. The van der Waals surface area contributed by atoms with E-state index in [4.69, 9.17) is 9.47 Å². The minimum atomic E-state index is -0.330. The van der Waals surface area contributed by atoms with E-state index in [0.29, 0.717) is 32.3 Å². The van der Waals surface area contributed by atoms with Gasteiger partial charge in [-0.15, -0.1) is 4.98 Å². The predicted molar refractivity (Wildman–Crippen MR) is 51.1 cm³/mol. The molecule has 15 heavy (non-hydrogen) atoms. The number of hydrogen-bond donors (Lipinski definition) is 1. The normalized spacial score (nSPS) is 16.5. The molecule has 0 unspecified atom stereocenters. The first-order chi connectivity index (χ1) is 7.29. The summed E-state index contributed by atoms with van der Waals surface area (Å²) in [5, 5.41) is 9.26. The van der Waals surface area contributed by atoms with E-state index in [-0.39, 0.29) is 12.0 Å². The second kappa shape index (κ2) is 4.26. The molecule has 7 nitrogen and oxygen atoms in total. The molecular weight excluding hydrogens is 200 g/mol. The smallest absolute Gasteiger partial charge is 0.324 e. The molecule has 0 atom stereocenters. The van der Waals surface area contributed by atoms with E-state index in [1.807, 2.05) is 4.90 Å². The van der Waals surface area contributed by atoms with E-state index >= 15 is 0 Å². The highest BCUT2D eigenvalue weighted by atomic mass is 16.5. The van der Waals surface area contributed by atoms with Crippen LogP contribution in [0.15, 0.2) is 0 Å². The SMILES string of the molecule is COc1nc(O)nc(N2CCOCC2)n1. The van der Waals surface area contributed by atoms with Crippen molar-refractivity contribution in [3.05, 3.63) is 0 Å². The molecule has 1 aliphatic rings. The Balaban J connectivity index is 2.22. The van der Waals surface area contributed by atoms with Crippen molar-refractivity contribution in [2.24, 2.45) is 0 Å². The van der Waals surface area contributed by atoms with E-state index in [1.165, 1.54) is 7.11 Å². The molecule has 1 aromatic heterocycles. The molecule has 0 saturated carbocycles. The highest BCUT2D eigenvalue weighted by Gasteiger charge is 2.16. The summed E-state index contributed by atoms with van der Waals surface area (Å²) < 4.78 is 10.0. The third-order valence-corrected chi connectivity index (χ3v) is 2.07. The first-order valence-electron chi connectivity index (χ1n) is 4.61. The number of anilines is 1. The maximum Gasteiger partial charge on any atom is 0.324 e. The van der Waals surface area contributed by atoms with Gasteiger partial charge < -0.3 is 19.5 Å². The highest BCUT2D eigenvalue weighted by molar-refractivity contribution is 5.32. The Labute approximate surface area is 86.7 Å². The lowest BCUT2D eigenvalue weighted by atomic mass is 10.4. The Kier molecular flexibility index (Phi) is 2.82. The van der Waals surface area contributed by atoms with Crippen LogP contribution in [0.4, 0.5) is 5.95 Å². The van der Waals surface area contributed by atoms with Crippen LogP contribution in [-0.4, -0.2) is 53.5 Å². The minimum absolute atomic E-state index is 0.115. The number of aromatic hydroxyl groups is 1. The fraction of sp³-hybridized carbons (Fsp3) is 0.625. The molecule has 1 N–H and O–H groups in total. The molecule has 0 spiro atoms. The van der Waals surface area contributed by atoms with Crippen LogP contribution in [0, 0.1) is 0 Å². The molecule has 82 valence electrons. The van der Waals surface area contributed by atoms with Crippen molar-refractivity contribution in [2.75, 3.05) is 38.3 Å². The number of hydrogen-bond acceptors (Lipinski definition) is 7. The molecule has 0 aromatic carbocycles. The fourth-order valence-electron chi connectivity index (χ4n) is 1.33. The molecule has 1 aromatic rings. The molecule has 1 aliphatic heterocycles. The first-order valence-corrected chi connectivity index (χ1v) is 4.61. The van der Waals surface area contributed by atoms with Gasteiger partial charge in [0.25, 0.3) is 0 Å². The molecule has 0 amide bonds. The zero-order chi connectivity index (χ0) is 10.7. The number of ether oxygens (including phenoxy) is 2. The lowest BCUT2D eigenvalue weighted by Gasteiger charge is -2.26. The van der Waals surface area contributed by atoms with Crippen molar-refractivity contribution < 1.29 is 14.6 Å². The van der Waals surface area contributed by atoms with Gasteiger partial charge in [-0.1, -0.05) is 0 Å². The summed E-state index contributed by atoms with van der Waals surface area (Å²) in [5.74, 6) is 0.419. The predicted octanol–water partition coefficient (Wildman–Crippen LogP) is -0.578. The van der Waals surface area contributed by atoms with Crippen molar-refractivity contribution in [2.45, 2.75) is 0 Å². The number of rotatable bonds is 2. The van der Waals surface area contributed by atoms with E-state index < -0.39 is 0 Å². The van der Waals surface area contributed by atoms with Crippen molar-refractivity contribution in [1.29, 1.82) is 0 Å². The Hall–Kier alpha value is -1.63. The van der Waals surface area contributed by atoms with E-state index in [1.54, 1.807) is 0 Å². The van der Waals surface area contributed by atoms with Crippen LogP contribution in [0.2, 0.25) is 0 Å². The number of methoxy groups -OCH3 is 1. The molecule has 0 radical (unpaired) electrons. The van der Waals surface area contributed by atoms with Crippen molar-refractivity contribution in [3.8, 4) is 12.0 Å². The second-order valence-corrected chi connectivity index (χ2v) is 3.02. The molecule has 0 bridgehead atoms. The number of morpholine rings is 1. The van der Waals surface area contributed by atoms with Gasteiger partial charge in [0.05, 0.1) is 20.3 Å². The highest BCUT2D eigenvalue weighted by Crippen LogP contribution is 2.15. The summed E-state index contributed by atoms with van der Waals surface area (Å²) in [4.78, 5) is 13.4. The van der Waals surface area contributed by atoms with Crippen LogP contribution < -0.4 is 9.64 Å². The molecule has 1 saturated heterocycles. The first kappa shape index (κ1) is 9.91. The molecule has 1 fully saturated rings. The molecule has 0 aliphatic carbocycles. The van der Waals surface area contributed by atoms with Crippen LogP contribution in [0.25, 0.3) is 0 Å². The fourth-order valence-corrected chi connectivity index (χ4v) is 1.33. The average molecular weight is 212 g/mol. The van der Waals surface area contributed by atoms with Gasteiger partial charge in [-0.3, -0.25) is 0 Å². The van der Waals surface area contributed by atoms with E-state index in [9.17, 15) is 5.11 Å². The summed E-state index contributed by atoms with van der Waals surface area (Å²) >= 11 is 0. The Morgan fingerprint density at radius 2 is 2.00 bits per heavy atom. The van der Waals surface area contributed by atoms with Crippen LogP contribution >= 0.6 is 0 Å². The van der Waals surface area contributed by atoms with Crippen LogP contribution in [0.5, 0.6) is 12.0 Å². The molecule has 7 heteroatoms. The van der Waals surface area contributed by atoms with Gasteiger partial charge in [0, 0.05) is 13.1 Å². The monoisotopic (exact) mass is 212 g/mol. The second-order valence-electron chi connectivity index (χ2n) is 3.02. The number of aromatic nitrogens is 3. The van der Waals surface area contributed by atoms with Crippen molar-refractivity contribution >= 4 is 5.95 Å². The van der Waals surface area contributed by atoms with Crippen LogP contribution in [-0.2, 0) is 4.74 Å². The lowest BCUT2D eigenvalue weighted by Crippen LogP contribution is -2.37. The Morgan fingerprint density at radius 1 is 1.27 bits per heavy atom. The standard InChI is InChI=1S/C8H12N4O3/c1-14-8-10-6(9-7(13)11-8)12-2-4-15-5-3-12/h2-5H2,1H3,(H,9,10,11,13). The lowest BCUT2D eigenvalue weighted by molar-refractivity contribution is 0.121.